The van der Waals surface area contributed by atoms with E-state index in [4.69, 9.17) is 0 Å². The van der Waals surface area contributed by atoms with E-state index in [9.17, 15) is 18.4 Å². The summed E-state index contributed by atoms with van der Waals surface area (Å²) in [4.78, 5) is 22.5. The molecule has 0 bridgehead atoms. The van der Waals surface area contributed by atoms with Crippen molar-refractivity contribution < 1.29 is 27.8 Å². The quantitative estimate of drug-likeness (QED) is 0.528. The monoisotopic (exact) mass is 222 g/mol. The third-order valence-electron chi connectivity index (χ3n) is 2.23. The van der Waals surface area contributed by atoms with E-state index in [-0.39, 0.29) is 13.2 Å². The van der Waals surface area contributed by atoms with E-state index >= 15 is 0 Å². The first-order valence-corrected chi connectivity index (χ1v) is 4.64. The number of rotatable bonds is 4. The average Bonchev–Trinajstić information content (AvgIpc) is 2.72. The lowest BCUT2D eigenvalue weighted by Crippen LogP contribution is -2.35. The van der Waals surface area contributed by atoms with E-state index in [0.717, 1.165) is 0 Å². The molecule has 0 aromatic rings. The molecule has 6 heteroatoms. The largest absolute Gasteiger partial charge is 0.465 e. The number of carbonyl (C=O) groups excluding carboxylic acids is 2. The highest BCUT2D eigenvalue weighted by Crippen LogP contribution is 2.61. The molecule has 0 amide bonds. The number of halogens is 2. The van der Waals surface area contributed by atoms with Crippen molar-refractivity contribution in [2.45, 2.75) is 26.2 Å². The van der Waals surface area contributed by atoms with E-state index < -0.39 is 29.7 Å². The van der Waals surface area contributed by atoms with Gasteiger partial charge in [-0.3, -0.25) is 9.59 Å². The maximum Gasteiger partial charge on any atom is 0.330 e. The Morgan fingerprint density at radius 3 is 1.67 bits per heavy atom. The highest BCUT2D eigenvalue weighted by molar-refractivity contribution is 6.05. The van der Waals surface area contributed by atoms with Gasteiger partial charge in [-0.05, 0) is 13.8 Å². The Kier molecular flexibility index (Phi) is 2.97. The maximum absolute atomic E-state index is 13.0. The van der Waals surface area contributed by atoms with Crippen LogP contribution in [0.3, 0.4) is 0 Å². The first kappa shape index (κ1) is 11.9. The van der Waals surface area contributed by atoms with E-state index in [2.05, 4.69) is 9.47 Å². The van der Waals surface area contributed by atoms with Gasteiger partial charge in [0.05, 0.1) is 13.2 Å². The maximum atomic E-state index is 13.0. The predicted molar refractivity (Wildman–Crippen MR) is 45.3 cm³/mol. The molecule has 1 rings (SSSR count). The van der Waals surface area contributed by atoms with Crippen LogP contribution in [0, 0.1) is 5.41 Å². The molecule has 0 heterocycles. The fourth-order valence-corrected chi connectivity index (χ4v) is 1.32. The predicted octanol–water partition coefficient (Wildman–Crippen LogP) is 1.14. The van der Waals surface area contributed by atoms with Crippen LogP contribution in [0.15, 0.2) is 0 Å². The first-order valence-electron chi connectivity index (χ1n) is 4.64. The molecule has 0 aliphatic heterocycles. The Labute approximate surface area is 85.5 Å². The Morgan fingerprint density at radius 1 is 1.13 bits per heavy atom. The van der Waals surface area contributed by atoms with Crippen molar-refractivity contribution in [1.82, 2.24) is 0 Å². The van der Waals surface area contributed by atoms with Crippen LogP contribution in [0.4, 0.5) is 8.78 Å². The molecule has 86 valence electrons. The molecule has 1 fully saturated rings. The lowest BCUT2D eigenvalue weighted by atomic mass is 10.1. The summed E-state index contributed by atoms with van der Waals surface area (Å²) in [6.45, 7) is 2.88. The smallest absolute Gasteiger partial charge is 0.330 e. The highest BCUT2D eigenvalue weighted by Gasteiger charge is 2.82. The minimum absolute atomic E-state index is 0.0456. The summed E-state index contributed by atoms with van der Waals surface area (Å²) in [6, 6.07) is 0. The van der Waals surface area contributed by atoms with Gasteiger partial charge >= 0.3 is 11.9 Å². The van der Waals surface area contributed by atoms with Gasteiger partial charge < -0.3 is 9.47 Å². The number of esters is 2. The normalized spacial score (nSPS) is 20.5. The van der Waals surface area contributed by atoms with E-state index in [0.29, 0.717) is 0 Å². The zero-order chi connectivity index (χ0) is 11.7. The Bertz CT molecular complexity index is 270. The van der Waals surface area contributed by atoms with Crippen LogP contribution in [0.2, 0.25) is 0 Å². The van der Waals surface area contributed by atoms with Gasteiger partial charge in [-0.2, -0.15) is 0 Å². The molecule has 0 aromatic carbocycles. The summed E-state index contributed by atoms with van der Waals surface area (Å²) < 4.78 is 34.9. The summed E-state index contributed by atoms with van der Waals surface area (Å²) in [5.41, 5.74) is -2.39. The molecule has 1 saturated carbocycles. The minimum atomic E-state index is -3.34. The third kappa shape index (κ3) is 1.68. The zero-order valence-electron chi connectivity index (χ0n) is 8.51. The van der Waals surface area contributed by atoms with Gasteiger partial charge in [0.2, 0.25) is 5.41 Å². The van der Waals surface area contributed by atoms with Gasteiger partial charge in [0.1, 0.15) is 0 Å². The topological polar surface area (TPSA) is 52.6 Å². The molecule has 0 atom stereocenters. The van der Waals surface area contributed by atoms with Crippen LogP contribution in [0.5, 0.6) is 0 Å². The number of hydrogen-bond acceptors (Lipinski definition) is 4. The summed E-state index contributed by atoms with van der Waals surface area (Å²) in [5.74, 6) is -5.74. The van der Waals surface area contributed by atoms with Crippen molar-refractivity contribution >= 4 is 11.9 Å². The van der Waals surface area contributed by atoms with E-state index in [1.807, 2.05) is 0 Å². The third-order valence-corrected chi connectivity index (χ3v) is 2.23. The number of ether oxygens (including phenoxy) is 2. The van der Waals surface area contributed by atoms with E-state index in [1.54, 1.807) is 0 Å². The lowest BCUT2D eigenvalue weighted by molar-refractivity contribution is -0.169. The molecule has 0 aromatic heterocycles. The molecular weight excluding hydrogens is 210 g/mol. The van der Waals surface area contributed by atoms with Gasteiger partial charge in [0.25, 0.3) is 5.92 Å². The molecule has 0 spiro atoms. The first-order chi connectivity index (χ1) is 6.92. The fourth-order valence-electron chi connectivity index (χ4n) is 1.32. The summed E-state index contributed by atoms with van der Waals surface area (Å²) in [5, 5.41) is 0. The molecule has 0 N–H and O–H groups in total. The summed E-state index contributed by atoms with van der Waals surface area (Å²) in [6.07, 6.45) is -0.822. The summed E-state index contributed by atoms with van der Waals surface area (Å²) >= 11 is 0. The van der Waals surface area contributed by atoms with Crippen LogP contribution < -0.4 is 0 Å². The van der Waals surface area contributed by atoms with Crippen LogP contribution >= 0.6 is 0 Å². The van der Waals surface area contributed by atoms with Crippen molar-refractivity contribution in [1.29, 1.82) is 0 Å². The van der Waals surface area contributed by atoms with Crippen molar-refractivity contribution in [2.75, 3.05) is 13.2 Å². The lowest BCUT2D eigenvalue weighted by Gasteiger charge is -2.13. The van der Waals surface area contributed by atoms with Crippen molar-refractivity contribution in [3.8, 4) is 0 Å². The Hall–Kier alpha value is -1.20. The number of carbonyl (C=O) groups is 2. The fraction of sp³-hybridized carbons (Fsp3) is 0.778. The molecule has 0 radical (unpaired) electrons. The molecule has 1 aliphatic rings. The molecule has 15 heavy (non-hydrogen) atoms. The average molecular weight is 222 g/mol. The Balaban J connectivity index is 2.83. The standard InChI is InChI=1S/C9H12F2O4/c1-3-14-6(12)8(5-9(8,10)11)7(13)15-4-2/h3-5H2,1-2H3. The molecule has 0 saturated heterocycles. The van der Waals surface area contributed by atoms with Gasteiger partial charge in [-0.1, -0.05) is 0 Å². The van der Waals surface area contributed by atoms with E-state index in [1.165, 1.54) is 13.8 Å². The van der Waals surface area contributed by atoms with Gasteiger partial charge in [0.15, 0.2) is 0 Å². The van der Waals surface area contributed by atoms with Crippen molar-refractivity contribution in [3.05, 3.63) is 0 Å². The van der Waals surface area contributed by atoms with Crippen LogP contribution in [-0.4, -0.2) is 31.1 Å². The second-order valence-corrected chi connectivity index (χ2v) is 3.23. The minimum Gasteiger partial charge on any atom is -0.465 e. The van der Waals surface area contributed by atoms with Gasteiger partial charge in [0, 0.05) is 6.42 Å². The highest BCUT2D eigenvalue weighted by atomic mass is 19.3. The number of hydrogen-bond donors (Lipinski definition) is 0. The summed E-state index contributed by atoms with van der Waals surface area (Å²) in [7, 11) is 0. The zero-order valence-corrected chi connectivity index (χ0v) is 8.51. The molecule has 1 aliphatic carbocycles. The second kappa shape index (κ2) is 3.75. The molecule has 4 nitrogen and oxygen atoms in total. The van der Waals surface area contributed by atoms with Crippen molar-refractivity contribution in [3.63, 3.8) is 0 Å². The van der Waals surface area contributed by atoms with Crippen molar-refractivity contribution in [2.24, 2.45) is 5.41 Å². The molecular formula is C9H12F2O4. The molecule has 0 unspecified atom stereocenters. The number of alkyl halides is 2. The Morgan fingerprint density at radius 2 is 1.47 bits per heavy atom. The van der Waals surface area contributed by atoms with Crippen LogP contribution in [0.1, 0.15) is 20.3 Å². The van der Waals surface area contributed by atoms with Crippen LogP contribution in [0.25, 0.3) is 0 Å². The van der Waals surface area contributed by atoms with Gasteiger partial charge in [-0.25, -0.2) is 8.78 Å². The van der Waals surface area contributed by atoms with Gasteiger partial charge in [-0.15, -0.1) is 0 Å². The SMILES string of the molecule is CCOC(=O)C1(C(=O)OCC)CC1(F)F. The van der Waals surface area contributed by atoms with Crippen LogP contribution in [-0.2, 0) is 19.1 Å². The second-order valence-electron chi connectivity index (χ2n) is 3.23.